The Morgan fingerprint density at radius 1 is 1.27 bits per heavy atom. The van der Waals surface area contributed by atoms with Crippen LogP contribution >= 0.6 is 0 Å². The summed E-state index contributed by atoms with van der Waals surface area (Å²) >= 11 is 0. The molecule has 0 saturated carbocycles. The van der Waals surface area contributed by atoms with E-state index in [2.05, 4.69) is 4.74 Å². The van der Waals surface area contributed by atoms with Gasteiger partial charge in [-0.2, -0.15) is 0 Å². The smallest absolute Gasteiger partial charge is 0.481 e. The monoisotopic (exact) mass is 210 g/mol. The third-order valence-electron chi connectivity index (χ3n) is 1.65. The van der Waals surface area contributed by atoms with Crippen LogP contribution in [0.1, 0.15) is 5.56 Å². The van der Waals surface area contributed by atoms with Gasteiger partial charge in [0.1, 0.15) is 5.75 Å². The van der Waals surface area contributed by atoms with E-state index in [1.165, 1.54) is 19.2 Å². The van der Waals surface area contributed by atoms with Crippen molar-refractivity contribution in [3.63, 3.8) is 0 Å². The number of carbonyl (C=O) groups is 2. The normalized spacial score (nSPS) is 9.40. The highest BCUT2D eigenvalue weighted by Gasteiger charge is 2.04. The van der Waals surface area contributed by atoms with Crippen molar-refractivity contribution < 1.29 is 24.2 Å². The molecule has 0 unspecified atom stereocenters. The topological polar surface area (TPSA) is 72.8 Å². The molecule has 80 valence electrons. The lowest BCUT2D eigenvalue weighted by molar-refractivity contribution is -0.136. The standard InChI is InChI=1S/C10H10O5/c1-14-10(13)15-8-4-2-7(3-5-8)6-9(11)12/h2-5H,6H2,1H3,(H,11,12). The van der Waals surface area contributed by atoms with E-state index in [1.54, 1.807) is 12.1 Å². The highest BCUT2D eigenvalue weighted by molar-refractivity contribution is 5.70. The number of hydrogen-bond acceptors (Lipinski definition) is 4. The second-order valence-corrected chi connectivity index (χ2v) is 2.77. The maximum absolute atomic E-state index is 10.7. The van der Waals surface area contributed by atoms with Crippen LogP contribution < -0.4 is 4.74 Å². The third-order valence-corrected chi connectivity index (χ3v) is 1.65. The highest BCUT2D eigenvalue weighted by atomic mass is 16.7. The molecule has 0 aliphatic rings. The van der Waals surface area contributed by atoms with Gasteiger partial charge in [0.15, 0.2) is 0 Å². The molecule has 0 atom stereocenters. The van der Waals surface area contributed by atoms with Gasteiger partial charge in [0.2, 0.25) is 0 Å². The summed E-state index contributed by atoms with van der Waals surface area (Å²) in [6.45, 7) is 0. The van der Waals surface area contributed by atoms with E-state index in [1.807, 2.05) is 0 Å². The lowest BCUT2D eigenvalue weighted by Gasteiger charge is -2.02. The second-order valence-electron chi connectivity index (χ2n) is 2.77. The van der Waals surface area contributed by atoms with E-state index in [0.717, 1.165) is 0 Å². The number of aliphatic carboxylic acids is 1. The Labute approximate surface area is 86.2 Å². The first-order chi connectivity index (χ1) is 7.11. The van der Waals surface area contributed by atoms with Crippen molar-refractivity contribution >= 4 is 12.1 Å². The van der Waals surface area contributed by atoms with Crippen molar-refractivity contribution in [2.75, 3.05) is 7.11 Å². The largest absolute Gasteiger partial charge is 0.513 e. The second kappa shape index (κ2) is 4.99. The summed E-state index contributed by atoms with van der Waals surface area (Å²) in [4.78, 5) is 21.1. The van der Waals surface area contributed by atoms with Crippen molar-refractivity contribution in [3.05, 3.63) is 29.8 Å². The Morgan fingerprint density at radius 2 is 1.87 bits per heavy atom. The van der Waals surface area contributed by atoms with Crippen LogP contribution in [0, 0.1) is 0 Å². The molecule has 15 heavy (non-hydrogen) atoms. The molecule has 1 aromatic rings. The Kier molecular flexibility index (Phi) is 3.68. The molecule has 0 bridgehead atoms. The number of rotatable bonds is 3. The van der Waals surface area contributed by atoms with Crippen molar-refractivity contribution in [3.8, 4) is 5.75 Å². The van der Waals surface area contributed by atoms with Crippen LogP contribution in [0.25, 0.3) is 0 Å². The Morgan fingerprint density at radius 3 is 2.33 bits per heavy atom. The molecule has 0 fully saturated rings. The Hall–Kier alpha value is -2.04. The fourth-order valence-electron chi connectivity index (χ4n) is 0.988. The third kappa shape index (κ3) is 3.68. The van der Waals surface area contributed by atoms with Crippen LogP contribution in [-0.4, -0.2) is 24.3 Å². The number of benzene rings is 1. The predicted molar refractivity (Wildman–Crippen MR) is 50.8 cm³/mol. The van der Waals surface area contributed by atoms with Gasteiger partial charge in [-0.25, -0.2) is 4.79 Å². The molecule has 0 aromatic heterocycles. The number of carbonyl (C=O) groups excluding carboxylic acids is 1. The number of ether oxygens (including phenoxy) is 2. The average Bonchev–Trinajstić information content (AvgIpc) is 2.20. The Bertz CT molecular complexity index is 355. The Balaban J connectivity index is 2.64. The van der Waals surface area contributed by atoms with Crippen LogP contribution in [-0.2, 0) is 16.0 Å². The molecular weight excluding hydrogens is 200 g/mol. The van der Waals surface area contributed by atoms with E-state index < -0.39 is 12.1 Å². The van der Waals surface area contributed by atoms with Crippen LogP contribution in [0.2, 0.25) is 0 Å². The van der Waals surface area contributed by atoms with Gasteiger partial charge in [0, 0.05) is 0 Å². The molecule has 0 aliphatic carbocycles. The van der Waals surface area contributed by atoms with Crippen LogP contribution in [0.15, 0.2) is 24.3 Å². The molecule has 0 heterocycles. The number of methoxy groups -OCH3 is 1. The molecule has 5 heteroatoms. The molecule has 1 aromatic carbocycles. The summed E-state index contributed by atoms with van der Waals surface area (Å²) in [5.41, 5.74) is 0.639. The first-order valence-electron chi connectivity index (χ1n) is 4.18. The van der Waals surface area contributed by atoms with Crippen molar-refractivity contribution in [1.29, 1.82) is 0 Å². The molecule has 0 radical (unpaired) electrons. The average molecular weight is 210 g/mol. The quantitative estimate of drug-likeness (QED) is 0.604. The van der Waals surface area contributed by atoms with Gasteiger partial charge < -0.3 is 14.6 Å². The zero-order valence-corrected chi connectivity index (χ0v) is 8.10. The lowest BCUT2D eigenvalue weighted by Crippen LogP contribution is -2.07. The zero-order chi connectivity index (χ0) is 11.3. The summed E-state index contributed by atoms with van der Waals surface area (Å²) in [6.07, 6.45) is -0.862. The first-order valence-corrected chi connectivity index (χ1v) is 4.18. The van der Waals surface area contributed by atoms with E-state index >= 15 is 0 Å². The lowest BCUT2D eigenvalue weighted by atomic mass is 10.1. The molecular formula is C10H10O5. The minimum atomic E-state index is -0.906. The van der Waals surface area contributed by atoms with Gasteiger partial charge in [-0.1, -0.05) is 12.1 Å². The van der Waals surface area contributed by atoms with Crippen LogP contribution in [0.5, 0.6) is 5.75 Å². The minimum absolute atomic E-state index is 0.0570. The maximum atomic E-state index is 10.7. The summed E-state index contributed by atoms with van der Waals surface area (Å²) in [6, 6.07) is 6.17. The summed E-state index contributed by atoms with van der Waals surface area (Å²) in [5.74, 6) is -0.590. The van der Waals surface area contributed by atoms with E-state index in [9.17, 15) is 9.59 Å². The molecule has 1 rings (SSSR count). The number of carboxylic acid groups (broad SMARTS) is 1. The number of carboxylic acids is 1. The summed E-state index contributed by atoms with van der Waals surface area (Å²) < 4.78 is 9.01. The summed E-state index contributed by atoms with van der Waals surface area (Å²) in [5, 5.41) is 8.51. The summed E-state index contributed by atoms with van der Waals surface area (Å²) in [7, 11) is 1.21. The van der Waals surface area contributed by atoms with Crippen molar-refractivity contribution in [1.82, 2.24) is 0 Å². The van der Waals surface area contributed by atoms with Crippen molar-refractivity contribution in [2.24, 2.45) is 0 Å². The van der Waals surface area contributed by atoms with E-state index in [0.29, 0.717) is 11.3 Å². The van der Waals surface area contributed by atoms with Gasteiger partial charge in [-0.15, -0.1) is 0 Å². The van der Waals surface area contributed by atoms with Crippen molar-refractivity contribution in [2.45, 2.75) is 6.42 Å². The molecule has 0 saturated heterocycles. The van der Waals surface area contributed by atoms with Gasteiger partial charge >= 0.3 is 12.1 Å². The first kappa shape index (κ1) is 11.0. The van der Waals surface area contributed by atoms with E-state index in [-0.39, 0.29) is 6.42 Å². The zero-order valence-electron chi connectivity index (χ0n) is 8.10. The van der Waals surface area contributed by atoms with Gasteiger partial charge in [-0.05, 0) is 17.7 Å². The predicted octanol–water partition coefficient (Wildman–Crippen LogP) is 1.46. The molecule has 5 nitrogen and oxygen atoms in total. The highest BCUT2D eigenvalue weighted by Crippen LogP contribution is 2.13. The van der Waals surface area contributed by atoms with E-state index in [4.69, 9.17) is 9.84 Å². The fourth-order valence-corrected chi connectivity index (χ4v) is 0.988. The minimum Gasteiger partial charge on any atom is -0.481 e. The van der Waals surface area contributed by atoms with Crippen LogP contribution in [0.4, 0.5) is 4.79 Å². The fraction of sp³-hybridized carbons (Fsp3) is 0.200. The molecule has 0 spiro atoms. The van der Waals surface area contributed by atoms with Gasteiger partial charge in [0.25, 0.3) is 0 Å². The maximum Gasteiger partial charge on any atom is 0.513 e. The molecule has 1 N–H and O–H groups in total. The van der Waals surface area contributed by atoms with Crippen LogP contribution in [0.3, 0.4) is 0 Å². The van der Waals surface area contributed by atoms with Gasteiger partial charge in [-0.3, -0.25) is 4.79 Å². The molecule has 0 aliphatic heterocycles. The van der Waals surface area contributed by atoms with Gasteiger partial charge in [0.05, 0.1) is 13.5 Å². The molecule has 0 amide bonds. The number of hydrogen-bond donors (Lipinski definition) is 1. The SMILES string of the molecule is COC(=O)Oc1ccc(CC(=O)O)cc1.